The molecular weight excluding hydrogens is 258 g/mol. The maximum absolute atomic E-state index is 9.49. The zero-order chi connectivity index (χ0) is 14.8. The minimum Gasteiger partial charge on any atom is -0.487 e. The van der Waals surface area contributed by atoms with Crippen LogP contribution < -0.4 is 4.74 Å². The van der Waals surface area contributed by atoms with Crippen molar-refractivity contribution in [3.8, 4) is 5.75 Å². The number of aliphatic hydroxyl groups excluding tert-OH is 1. The van der Waals surface area contributed by atoms with Crippen LogP contribution in [0.4, 0.5) is 0 Å². The fourth-order valence-corrected chi connectivity index (χ4v) is 2.17. The monoisotopic (exact) mass is 279 g/mol. The second kappa shape index (κ2) is 5.91. The van der Waals surface area contributed by atoms with Gasteiger partial charge in [-0.15, -0.1) is 0 Å². The molecule has 1 aromatic rings. The molecule has 1 aliphatic heterocycles. The molecule has 0 spiro atoms. The number of hydrogen-bond acceptors (Lipinski definition) is 5. The largest absolute Gasteiger partial charge is 0.487 e. The van der Waals surface area contributed by atoms with Crippen LogP contribution in [0, 0.1) is 6.92 Å². The Morgan fingerprint density at radius 1 is 1.35 bits per heavy atom. The first kappa shape index (κ1) is 15.0. The zero-order valence-corrected chi connectivity index (χ0v) is 12.2. The second-order valence-corrected chi connectivity index (χ2v) is 5.17. The van der Waals surface area contributed by atoms with E-state index in [0.717, 1.165) is 16.8 Å². The van der Waals surface area contributed by atoms with Gasteiger partial charge >= 0.3 is 0 Å². The molecule has 1 aliphatic rings. The average molecular weight is 279 g/mol. The van der Waals surface area contributed by atoms with Gasteiger partial charge < -0.3 is 19.3 Å². The number of nitrogens with zero attached hydrogens (tertiary/aromatic N) is 1. The van der Waals surface area contributed by atoms with Crippen molar-refractivity contribution in [2.45, 2.75) is 46.4 Å². The van der Waals surface area contributed by atoms with Crippen LogP contribution in [0.2, 0.25) is 0 Å². The van der Waals surface area contributed by atoms with E-state index in [1.54, 1.807) is 6.08 Å². The van der Waals surface area contributed by atoms with E-state index in [9.17, 15) is 5.11 Å². The Morgan fingerprint density at radius 3 is 2.60 bits per heavy atom. The molecule has 0 aromatic carbocycles. The zero-order valence-electron chi connectivity index (χ0n) is 12.2. The van der Waals surface area contributed by atoms with Gasteiger partial charge in [-0.25, -0.2) is 0 Å². The maximum atomic E-state index is 9.49. The van der Waals surface area contributed by atoms with Crippen molar-refractivity contribution in [1.29, 1.82) is 0 Å². The van der Waals surface area contributed by atoms with Crippen LogP contribution in [-0.2, 0) is 29.3 Å². The van der Waals surface area contributed by atoms with Crippen molar-refractivity contribution in [2.75, 3.05) is 6.61 Å². The topological polar surface area (TPSA) is 60.8 Å². The summed E-state index contributed by atoms with van der Waals surface area (Å²) in [6.07, 6.45) is 1.68. The molecule has 0 unspecified atom stereocenters. The molecule has 0 fully saturated rings. The Hall–Kier alpha value is -1.43. The molecule has 20 heavy (non-hydrogen) atoms. The Bertz CT molecular complexity index is 511. The number of aromatic nitrogens is 1. The van der Waals surface area contributed by atoms with Crippen LogP contribution in [0.25, 0.3) is 0 Å². The van der Waals surface area contributed by atoms with Crippen LogP contribution in [0.3, 0.4) is 0 Å². The van der Waals surface area contributed by atoms with E-state index < -0.39 is 5.79 Å². The third-order valence-electron chi connectivity index (χ3n) is 3.24. The van der Waals surface area contributed by atoms with Crippen LogP contribution in [0.15, 0.2) is 12.7 Å². The predicted octanol–water partition coefficient (Wildman–Crippen LogP) is 2.23. The molecule has 2 heterocycles. The lowest BCUT2D eigenvalue weighted by Gasteiger charge is -2.22. The number of fused-ring (bicyclic) bond motifs is 1. The Labute approximate surface area is 119 Å². The van der Waals surface area contributed by atoms with Gasteiger partial charge in [0.25, 0.3) is 0 Å². The van der Waals surface area contributed by atoms with Crippen LogP contribution >= 0.6 is 0 Å². The summed E-state index contributed by atoms with van der Waals surface area (Å²) < 4.78 is 17.2. The van der Waals surface area contributed by atoms with Crippen molar-refractivity contribution in [1.82, 2.24) is 4.98 Å². The molecular formula is C15H21NO4. The number of aliphatic hydroxyl groups is 1. The molecule has 1 aromatic heterocycles. The van der Waals surface area contributed by atoms with Gasteiger partial charge in [-0.3, -0.25) is 4.98 Å². The van der Waals surface area contributed by atoms with Gasteiger partial charge in [0, 0.05) is 11.1 Å². The van der Waals surface area contributed by atoms with E-state index in [4.69, 9.17) is 14.2 Å². The van der Waals surface area contributed by atoms with E-state index in [-0.39, 0.29) is 6.61 Å². The highest BCUT2D eigenvalue weighted by Gasteiger charge is 2.28. The highest BCUT2D eigenvalue weighted by Crippen LogP contribution is 2.34. The molecule has 0 aliphatic carbocycles. The summed E-state index contributed by atoms with van der Waals surface area (Å²) in [6, 6.07) is 0. The highest BCUT2D eigenvalue weighted by atomic mass is 16.7. The SMILES string of the molecule is C=CCOc1c(C)nc(CO)c2c1COC(C)(C)OC2. The normalized spacial score (nSPS) is 17.2. The van der Waals surface area contributed by atoms with E-state index in [1.165, 1.54) is 0 Å². The average Bonchev–Trinajstić information content (AvgIpc) is 2.56. The van der Waals surface area contributed by atoms with E-state index in [1.807, 2.05) is 20.8 Å². The third kappa shape index (κ3) is 3.00. The van der Waals surface area contributed by atoms with Gasteiger partial charge in [-0.05, 0) is 20.8 Å². The summed E-state index contributed by atoms with van der Waals surface area (Å²) in [5.41, 5.74) is 3.10. The summed E-state index contributed by atoms with van der Waals surface area (Å²) in [5.74, 6) is 0.0217. The predicted molar refractivity (Wildman–Crippen MR) is 74.2 cm³/mol. The van der Waals surface area contributed by atoms with E-state index >= 15 is 0 Å². The van der Waals surface area contributed by atoms with Crippen molar-refractivity contribution < 1.29 is 19.3 Å². The van der Waals surface area contributed by atoms with Gasteiger partial charge in [0.15, 0.2) is 5.79 Å². The number of rotatable bonds is 4. The number of pyridine rings is 1. The summed E-state index contributed by atoms with van der Waals surface area (Å²) in [5, 5.41) is 9.49. The molecule has 2 rings (SSSR count). The standard InChI is InChI=1S/C15H21NO4/c1-5-6-18-14-10(2)16-13(7-17)11-8-19-15(3,4)20-9-12(11)14/h5,17H,1,6-9H2,2-4H3. The number of aryl methyl sites for hydroxylation is 1. The summed E-state index contributed by atoms with van der Waals surface area (Å²) >= 11 is 0. The minimum absolute atomic E-state index is 0.130. The summed E-state index contributed by atoms with van der Waals surface area (Å²) in [4.78, 5) is 4.40. The summed E-state index contributed by atoms with van der Waals surface area (Å²) in [7, 11) is 0. The van der Waals surface area contributed by atoms with Gasteiger partial charge in [-0.1, -0.05) is 12.7 Å². The molecule has 5 heteroatoms. The van der Waals surface area contributed by atoms with Crippen molar-refractivity contribution in [2.24, 2.45) is 0 Å². The fraction of sp³-hybridized carbons (Fsp3) is 0.533. The second-order valence-electron chi connectivity index (χ2n) is 5.17. The first-order valence-corrected chi connectivity index (χ1v) is 6.62. The molecule has 110 valence electrons. The first-order valence-electron chi connectivity index (χ1n) is 6.62. The number of hydrogen-bond donors (Lipinski definition) is 1. The molecule has 0 bridgehead atoms. The molecule has 0 saturated carbocycles. The van der Waals surface area contributed by atoms with Gasteiger partial charge in [0.05, 0.1) is 31.2 Å². The lowest BCUT2D eigenvalue weighted by molar-refractivity contribution is -0.219. The highest BCUT2D eigenvalue weighted by molar-refractivity contribution is 5.45. The van der Waals surface area contributed by atoms with Crippen LogP contribution in [0.1, 0.15) is 36.4 Å². The molecule has 0 amide bonds. The Kier molecular flexibility index (Phi) is 4.42. The minimum atomic E-state index is -0.671. The molecule has 1 N–H and O–H groups in total. The Morgan fingerprint density at radius 2 is 2.00 bits per heavy atom. The summed E-state index contributed by atoms with van der Waals surface area (Å²) in [6.45, 7) is 10.2. The smallest absolute Gasteiger partial charge is 0.163 e. The molecule has 0 radical (unpaired) electrons. The lowest BCUT2D eigenvalue weighted by atomic mass is 10.0. The Balaban J connectivity index is 2.48. The van der Waals surface area contributed by atoms with Gasteiger partial charge in [-0.2, -0.15) is 0 Å². The molecule has 5 nitrogen and oxygen atoms in total. The van der Waals surface area contributed by atoms with E-state index in [0.29, 0.717) is 31.3 Å². The first-order chi connectivity index (χ1) is 9.48. The molecule has 0 saturated heterocycles. The third-order valence-corrected chi connectivity index (χ3v) is 3.24. The molecule has 0 atom stereocenters. The van der Waals surface area contributed by atoms with Crippen molar-refractivity contribution in [3.05, 3.63) is 35.2 Å². The lowest BCUT2D eigenvalue weighted by Crippen LogP contribution is -2.25. The quantitative estimate of drug-likeness (QED) is 0.856. The maximum Gasteiger partial charge on any atom is 0.163 e. The van der Waals surface area contributed by atoms with Gasteiger partial charge in [0.1, 0.15) is 12.4 Å². The van der Waals surface area contributed by atoms with Crippen LogP contribution in [-0.4, -0.2) is 22.5 Å². The number of ether oxygens (including phenoxy) is 3. The van der Waals surface area contributed by atoms with Crippen LogP contribution in [0.5, 0.6) is 5.75 Å². The fourth-order valence-electron chi connectivity index (χ4n) is 2.17. The van der Waals surface area contributed by atoms with Gasteiger partial charge in [0.2, 0.25) is 0 Å². The van der Waals surface area contributed by atoms with E-state index in [2.05, 4.69) is 11.6 Å². The van der Waals surface area contributed by atoms with Crippen molar-refractivity contribution in [3.63, 3.8) is 0 Å². The van der Waals surface area contributed by atoms with Crippen molar-refractivity contribution >= 4 is 0 Å².